The Balaban J connectivity index is 1.71. The molecule has 12 heteroatoms. The summed E-state index contributed by atoms with van der Waals surface area (Å²) in [5.74, 6) is 0.272. The lowest BCUT2D eigenvalue weighted by atomic mass is 10.1. The Morgan fingerprint density at radius 1 is 1.05 bits per heavy atom. The number of aliphatic carboxylic acids is 1. The maximum absolute atomic E-state index is 13.7. The molecule has 2 aliphatic heterocycles. The fourth-order valence-corrected chi connectivity index (χ4v) is 7.34. The molecule has 0 atom stereocenters. The summed E-state index contributed by atoms with van der Waals surface area (Å²) in [5.41, 5.74) is 0.378. The molecule has 0 spiro atoms. The summed E-state index contributed by atoms with van der Waals surface area (Å²) in [6.07, 6.45) is 0. The van der Waals surface area contributed by atoms with E-state index in [1.165, 1.54) is 20.3 Å². The summed E-state index contributed by atoms with van der Waals surface area (Å²) in [6, 6.07) is 14.4. The quantitative estimate of drug-likeness (QED) is 0.433. The van der Waals surface area contributed by atoms with Gasteiger partial charge in [-0.05, 0) is 23.8 Å². The summed E-state index contributed by atoms with van der Waals surface area (Å²) >= 11 is 7.22. The Morgan fingerprint density at radius 2 is 1.73 bits per heavy atom. The van der Waals surface area contributed by atoms with E-state index in [1.54, 1.807) is 48.5 Å². The Hall–Kier alpha value is -3.54. The maximum Gasteiger partial charge on any atom is 0.354 e. The monoisotopic (exact) mass is 561 g/mol. The van der Waals surface area contributed by atoms with E-state index >= 15 is 0 Å². The van der Waals surface area contributed by atoms with Crippen molar-refractivity contribution in [2.75, 3.05) is 21.0 Å². The normalized spacial score (nSPS) is 15.4. The van der Waals surface area contributed by atoms with Crippen molar-refractivity contribution in [3.05, 3.63) is 76.4 Å². The number of fused-ring (bicyclic) bond motifs is 2. The SMILES string of the molecule is COc1cc(Cl)cc(OC)c1SC1=C(C(=O)O)N(Cc2ccc3c(c2)OCO3)S(=O)(=O)c2ccccc21. The molecular weight excluding hydrogens is 542 g/mol. The number of rotatable bonds is 7. The van der Waals surface area contributed by atoms with E-state index in [1.807, 2.05) is 0 Å². The molecule has 37 heavy (non-hydrogen) atoms. The minimum atomic E-state index is -4.23. The zero-order valence-corrected chi connectivity index (χ0v) is 21.9. The van der Waals surface area contributed by atoms with E-state index < -0.39 is 21.7 Å². The van der Waals surface area contributed by atoms with Crippen molar-refractivity contribution >= 4 is 44.3 Å². The molecule has 0 amide bonds. The van der Waals surface area contributed by atoms with Crippen LogP contribution in [0, 0.1) is 0 Å². The molecule has 3 aromatic rings. The first kappa shape index (κ1) is 25.1. The van der Waals surface area contributed by atoms with Gasteiger partial charge in [0, 0.05) is 22.7 Å². The van der Waals surface area contributed by atoms with Gasteiger partial charge in [0.25, 0.3) is 10.0 Å². The Bertz CT molecular complexity index is 1530. The van der Waals surface area contributed by atoms with E-state index in [4.69, 9.17) is 30.5 Å². The smallest absolute Gasteiger partial charge is 0.354 e. The lowest BCUT2D eigenvalue weighted by Crippen LogP contribution is -2.37. The Kier molecular flexibility index (Phi) is 6.61. The standard InChI is InChI=1S/C25H20ClNO8S2/c1-32-19-10-15(26)11-20(33-2)24(19)36-23-16-5-3-4-6-21(16)37(30,31)27(22(23)25(28)29)12-14-7-8-17-18(9-14)35-13-34-17/h3-11H,12-13H2,1-2H3,(H,28,29). The highest BCUT2D eigenvalue weighted by molar-refractivity contribution is 8.08. The number of hydrogen-bond donors (Lipinski definition) is 1. The second-order valence-corrected chi connectivity index (χ2v) is 11.2. The summed E-state index contributed by atoms with van der Waals surface area (Å²) in [4.78, 5) is 13.3. The van der Waals surface area contributed by atoms with Crippen LogP contribution in [0.4, 0.5) is 0 Å². The highest BCUT2D eigenvalue weighted by Crippen LogP contribution is 2.51. The number of carboxylic acids is 1. The second kappa shape index (κ2) is 9.73. The number of halogens is 1. The molecule has 1 N–H and O–H groups in total. The number of ether oxygens (including phenoxy) is 4. The van der Waals surface area contributed by atoms with Gasteiger partial charge in [-0.15, -0.1) is 0 Å². The topological polar surface area (TPSA) is 112 Å². The van der Waals surface area contributed by atoms with Gasteiger partial charge in [0.15, 0.2) is 17.2 Å². The summed E-state index contributed by atoms with van der Waals surface area (Å²) < 4.78 is 50.1. The van der Waals surface area contributed by atoms with Crippen molar-refractivity contribution in [3.63, 3.8) is 0 Å². The van der Waals surface area contributed by atoms with Crippen molar-refractivity contribution < 1.29 is 37.3 Å². The van der Waals surface area contributed by atoms with Gasteiger partial charge in [0.05, 0.1) is 35.5 Å². The van der Waals surface area contributed by atoms with Gasteiger partial charge in [0.1, 0.15) is 11.5 Å². The maximum atomic E-state index is 13.7. The minimum absolute atomic E-state index is 0.0184. The molecule has 2 aliphatic rings. The highest BCUT2D eigenvalue weighted by Gasteiger charge is 2.41. The number of nitrogens with zero attached hydrogens (tertiary/aromatic N) is 1. The van der Waals surface area contributed by atoms with Crippen LogP contribution in [0.25, 0.3) is 4.91 Å². The van der Waals surface area contributed by atoms with Crippen LogP contribution in [0.1, 0.15) is 11.1 Å². The molecule has 0 aromatic heterocycles. The van der Waals surface area contributed by atoms with E-state index in [0.717, 1.165) is 16.1 Å². The van der Waals surface area contributed by atoms with E-state index in [2.05, 4.69) is 0 Å². The summed E-state index contributed by atoms with van der Waals surface area (Å²) in [5, 5.41) is 10.7. The van der Waals surface area contributed by atoms with Crippen molar-refractivity contribution in [1.82, 2.24) is 4.31 Å². The lowest BCUT2D eigenvalue weighted by molar-refractivity contribution is -0.133. The number of methoxy groups -OCH3 is 2. The number of sulfonamides is 1. The van der Waals surface area contributed by atoms with Gasteiger partial charge >= 0.3 is 5.97 Å². The first-order valence-corrected chi connectivity index (χ1v) is 13.5. The third-order valence-corrected chi connectivity index (χ3v) is 9.01. The van der Waals surface area contributed by atoms with Crippen LogP contribution in [0.5, 0.6) is 23.0 Å². The van der Waals surface area contributed by atoms with Gasteiger partial charge in [-0.2, -0.15) is 0 Å². The molecule has 0 aliphatic carbocycles. The van der Waals surface area contributed by atoms with Crippen LogP contribution in [0.15, 0.2) is 70.1 Å². The van der Waals surface area contributed by atoms with Crippen molar-refractivity contribution in [3.8, 4) is 23.0 Å². The largest absolute Gasteiger partial charge is 0.495 e. The van der Waals surface area contributed by atoms with Crippen LogP contribution < -0.4 is 18.9 Å². The van der Waals surface area contributed by atoms with Gasteiger partial charge in [-0.3, -0.25) is 4.31 Å². The molecule has 0 bridgehead atoms. The first-order chi connectivity index (χ1) is 17.7. The molecule has 192 valence electrons. The third-order valence-electron chi connectivity index (χ3n) is 5.76. The zero-order chi connectivity index (χ0) is 26.3. The van der Waals surface area contributed by atoms with Gasteiger partial charge < -0.3 is 24.1 Å². The van der Waals surface area contributed by atoms with E-state index in [9.17, 15) is 18.3 Å². The first-order valence-electron chi connectivity index (χ1n) is 10.8. The minimum Gasteiger partial charge on any atom is -0.495 e. The van der Waals surface area contributed by atoms with Gasteiger partial charge in [-0.1, -0.05) is 47.6 Å². The Morgan fingerprint density at radius 3 is 2.41 bits per heavy atom. The molecule has 2 heterocycles. The average molecular weight is 562 g/mol. The second-order valence-electron chi connectivity index (χ2n) is 7.92. The van der Waals surface area contributed by atoms with Crippen molar-refractivity contribution in [1.29, 1.82) is 0 Å². The van der Waals surface area contributed by atoms with Gasteiger partial charge in [-0.25, -0.2) is 13.2 Å². The Labute approximate surface area is 222 Å². The highest BCUT2D eigenvalue weighted by atomic mass is 35.5. The fourth-order valence-electron chi connectivity index (χ4n) is 4.09. The molecule has 0 radical (unpaired) electrons. The number of benzene rings is 3. The molecular formula is C25H20ClNO8S2. The molecule has 5 rings (SSSR count). The number of carboxylic acid groups (broad SMARTS) is 1. The van der Waals surface area contributed by atoms with Crippen LogP contribution in [-0.2, 0) is 21.4 Å². The molecule has 0 saturated carbocycles. The molecule has 9 nitrogen and oxygen atoms in total. The predicted octanol–water partition coefficient (Wildman–Crippen LogP) is 4.84. The number of thioether (sulfide) groups is 1. The summed E-state index contributed by atoms with van der Waals surface area (Å²) in [7, 11) is -1.32. The lowest BCUT2D eigenvalue weighted by Gasteiger charge is -2.32. The molecule has 0 fully saturated rings. The third kappa shape index (κ3) is 4.43. The van der Waals surface area contributed by atoms with Gasteiger partial charge in [0.2, 0.25) is 6.79 Å². The molecule has 0 saturated heterocycles. The number of carbonyl (C=O) groups is 1. The summed E-state index contributed by atoms with van der Waals surface area (Å²) in [6.45, 7) is -0.187. The predicted molar refractivity (Wildman–Crippen MR) is 137 cm³/mol. The van der Waals surface area contributed by atoms with Crippen molar-refractivity contribution in [2.45, 2.75) is 16.3 Å². The van der Waals surface area contributed by atoms with Crippen molar-refractivity contribution in [2.24, 2.45) is 0 Å². The number of hydrogen-bond acceptors (Lipinski definition) is 8. The van der Waals surface area contributed by atoms with Crippen LogP contribution in [0.2, 0.25) is 5.02 Å². The zero-order valence-electron chi connectivity index (χ0n) is 19.6. The molecule has 3 aromatic carbocycles. The van der Waals surface area contributed by atoms with Crippen LogP contribution >= 0.6 is 23.4 Å². The van der Waals surface area contributed by atoms with E-state index in [0.29, 0.717) is 38.5 Å². The fraction of sp³-hybridized carbons (Fsp3) is 0.160. The van der Waals surface area contributed by atoms with E-state index in [-0.39, 0.29) is 28.7 Å². The average Bonchev–Trinajstić information content (AvgIpc) is 3.35. The van der Waals surface area contributed by atoms with Crippen LogP contribution in [-0.4, -0.2) is 44.8 Å². The van der Waals surface area contributed by atoms with Crippen LogP contribution in [0.3, 0.4) is 0 Å². The molecule has 0 unspecified atom stereocenters.